The van der Waals surface area contributed by atoms with Gasteiger partial charge in [-0.15, -0.1) is 0 Å². The van der Waals surface area contributed by atoms with Crippen LogP contribution in [0.2, 0.25) is 0 Å². The second-order valence-corrected chi connectivity index (χ2v) is 4.22. The zero-order chi connectivity index (χ0) is 12.3. The highest BCUT2D eigenvalue weighted by molar-refractivity contribution is 4.97. The molecule has 4 heteroatoms. The molecule has 0 radical (unpaired) electrons. The lowest BCUT2D eigenvalue weighted by atomic mass is 10.4. The van der Waals surface area contributed by atoms with Gasteiger partial charge in [0.2, 0.25) is 0 Å². The van der Waals surface area contributed by atoms with Crippen LogP contribution in [0.1, 0.15) is 38.8 Å². The van der Waals surface area contributed by atoms with Gasteiger partial charge < -0.3 is 14.6 Å². The first kappa shape index (κ1) is 14.2. The van der Waals surface area contributed by atoms with E-state index in [1.54, 1.807) is 0 Å². The molecule has 0 spiro atoms. The van der Waals surface area contributed by atoms with Crippen molar-refractivity contribution in [3.63, 3.8) is 0 Å². The molecular formula is C13H25N3O. The smallest absolute Gasteiger partial charge is 0.0948 e. The largest absolute Gasteiger partial charge is 0.380 e. The summed E-state index contributed by atoms with van der Waals surface area (Å²) in [5.74, 6) is 0. The van der Waals surface area contributed by atoms with Gasteiger partial charge in [0.15, 0.2) is 0 Å². The zero-order valence-electron chi connectivity index (χ0n) is 11.1. The Bertz CT molecular complexity index is 286. The van der Waals surface area contributed by atoms with E-state index < -0.39 is 0 Å². The van der Waals surface area contributed by atoms with Gasteiger partial charge in [-0.25, -0.2) is 4.98 Å². The van der Waals surface area contributed by atoms with Crippen LogP contribution in [0.4, 0.5) is 0 Å². The molecule has 0 atom stereocenters. The van der Waals surface area contributed by atoms with Crippen LogP contribution >= 0.6 is 0 Å². The molecule has 1 heterocycles. The number of unbranched alkanes of at least 4 members (excludes halogenated alkanes) is 1. The average Bonchev–Trinajstić information content (AvgIpc) is 2.76. The molecule has 0 amide bonds. The molecule has 0 unspecified atom stereocenters. The first-order valence-electron chi connectivity index (χ1n) is 6.66. The number of nitrogens with zero attached hydrogens (tertiary/aromatic N) is 2. The van der Waals surface area contributed by atoms with E-state index in [0.29, 0.717) is 0 Å². The Kier molecular flexibility index (Phi) is 7.67. The Morgan fingerprint density at radius 1 is 1.29 bits per heavy atom. The maximum absolute atomic E-state index is 5.49. The van der Waals surface area contributed by atoms with E-state index in [2.05, 4.69) is 28.7 Å². The summed E-state index contributed by atoms with van der Waals surface area (Å²) in [6.07, 6.45) is 7.33. The van der Waals surface area contributed by atoms with Gasteiger partial charge in [0.05, 0.1) is 18.6 Å². The molecule has 0 bridgehead atoms. The quantitative estimate of drug-likeness (QED) is 0.636. The van der Waals surface area contributed by atoms with Gasteiger partial charge in [-0.3, -0.25) is 0 Å². The number of aryl methyl sites for hydroxylation is 1. The fourth-order valence-electron chi connectivity index (χ4n) is 1.65. The Hall–Kier alpha value is -0.870. The molecule has 1 rings (SSSR count). The number of aromatic nitrogens is 2. The lowest BCUT2D eigenvalue weighted by Gasteiger charge is -2.08. The van der Waals surface area contributed by atoms with Crippen molar-refractivity contribution in [1.82, 2.24) is 14.9 Å². The number of hydrogen-bond acceptors (Lipinski definition) is 3. The monoisotopic (exact) mass is 239 g/mol. The van der Waals surface area contributed by atoms with Crippen molar-refractivity contribution in [3.8, 4) is 0 Å². The predicted molar refractivity (Wildman–Crippen MR) is 70.0 cm³/mol. The van der Waals surface area contributed by atoms with Gasteiger partial charge in [0.25, 0.3) is 0 Å². The van der Waals surface area contributed by atoms with Crippen molar-refractivity contribution in [2.75, 3.05) is 19.8 Å². The number of rotatable bonds is 10. The van der Waals surface area contributed by atoms with Gasteiger partial charge in [-0.05, 0) is 12.8 Å². The molecule has 0 aliphatic heterocycles. The molecular weight excluding hydrogens is 214 g/mol. The van der Waals surface area contributed by atoms with Crippen molar-refractivity contribution in [2.24, 2.45) is 0 Å². The molecule has 1 aromatic heterocycles. The summed E-state index contributed by atoms with van der Waals surface area (Å²) >= 11 is 0. The SMILES string of the molecule is CCCCOCCNCc1cncn1CCC. The van der Waals surface area contributed by atoms with Crippen LogP contribution in [0.25, 0.3) is 0 Å². The Balaban J connectivity index is 2.07. The minimum absolute atomic E-state index is 0.794. The molecule has 0 aromatic carbocycles. The van der Waals surface area contributed by atoms with Crippen LogP contribution in [0.5, 0.6) is 0 Å². The van der Waals surface area contributed by atoms with Gasteiger partial charge in [0.1, 0.15) is 0 Å². The number of ether oxygens (including phenoxy) is 1. The lowest BCUT2D eigenvalue weighted by molar-refractivity contribution is 0.132. The molecule has 0 saturated heterocycles. The highest BCUT2D eigenvalue weighted by Gasteiger charge is 1.99. The topological polar surface area (TPSA) is 39.1 Å². The number of nitrogens with one attached hydrogen (secondary N) is 1. The maximum atomic E-state index is 5.49. The van der Waals surface area contributed by atoms with E-state index in [-0.39, 0.29) is 0 Å². The standard InChI is InChI=1S/C13H25N3O/c1-3-5-8-17-9-6-14-10-13-11-15-12-16(13)7-4-2/h11-12,14H,3-10H2,1-2H3. The van der Waals surface area contributed by atoms with Crippen LogP contribution in [0.3, 0.4) is 0 Å². The molecule has 1 aromatic rings. The molecule has 0 fully saturated rings. The molecule has 0 saturated carbocycles. The minimum atomic E-state index is 0.794. The molecule has 4 nitrogen and oxygen atoms in total. The minimum Gasteiger partial charge on any atom is -0.380 e. The van der Waals surface area contributed by atoms with Crippen molar-refractivity contribution in [1.29, 1.82) is 0 Å². The van der Waals surface area contributed by atoms with E-state index in [4.69, 9.17) is 4.74 Å². The number of imidazole rings is 1. The predicted octanol–water partition coefficient (Wildman–Crippen LogP) is 2.20. The number of hydrogen-bond donors (Lipinski definition) is 1. The average molecular weight is 239 g/mol. The summed E-state index contributed by atoms with van der Waals surface area (Å²) in [6, 6.07) is 0. The second-order valence-electron chi connectivity index (χ2n) is 4.22. The van der Waals surface area contributed by atoms with E-state index in [1.165, 1.54) is 12.1 Å². The van der Waals surface area contributed by atoms with E-state index in [9.17, 15) is 0 Å². The van der Waals surface area contributed by atoms with Crippen LogP contribution in [-0.4, -0.2) is 29.3 Å². The van der Waals surface area contributed by atoms with Gasteiger partial charge in [0, 0.05) is 32.4 Å². The highest BCUT2D eigenvalue weighted by atomic mass is 16.5. The Labute approximate surface area is 104 Å². The normalized spacial score (nSPS) is 10.9. The maximum Gasteiger partial charge on any atom is 0.0948 e. The Morgan fingerprint density at radius 2 is 2.18 bits per heavy atom. The van der Waals surface area contributed by atoms with Crippen LogP contribution in [0.15, 0.2) is 12.5 Å². The van der Waals surface area contributed by atoms with Crippen molar-refractivity contribution in [3.05, 3.63) is 18.2 Å². The molecule has 1 N–H and O–H groups in total. The van der Waals surface area contributed by atoms with Crippen molar-refractivity contribution < 1.29 is 4.74 Å². The van der Waals surface area contributed by atoms with Gasteiger partial charge in [-0.2, -0.15) is 0 Å². The van der Waals surface area contributed by atoms with Crippen LogP contribution in [0, 0.1) is 0 Å². The van der Waals surface area contributed by atoms with Crippen LogP contribution < -0.4 is 5.32 Å². The molecule has 17 heavy (non-hydrogen) atoms. The fourth-order valence-corrected chi connectivity index (χ4v) is 1.65. The van der Waals surface area contributed by atoms with E-state index in [0.717, 1.165) is 45.7 Å². The third-order valence-corrected chi connectivity index (χ3v) is 2.63. The van der Waals surface area contributed by atoms with Crippen molar-refractivity contribution in [2.45, 2.75) is 46.2 Å². The second kappa shape index (κ2) is 9.19. The first-order valence-corrected chi connectivity index (χ1v) is 6.66. The molecule has 0 aliphatic carbocycles. The third kappa shape index (κ3) is 5.84. The van der Waals surface area contributed by atoms with E-state index >= 15 is 0 Å². The molecule has 98 valence electrons. The summed E-state index contributed by atoms with van der Waals surface area (Å²) in [5.41, 5.74) is 1.25. The zero-order valence-corrected chi connectivity index (χ0v) is 11.1. The van der Waals surface area contributed by atoms with Gasteiger partial charge in [-0.1, -0.05) is 20.3 Å². The lowest BCUT2D eigenvalue weighted by Crippen LogP contribution is -2.21. The summed E-state index contributed by atoms with van der Waals surface area (Å²) in [4.78, 5) is 4.17. The van der Waals surface area contributed by atoms with Gasteiger partial charge >= 0.3 is 0 Å². The fraction of sp³-hybridized carbons (Fsp3) is 0.769. The summed E-state index contributed by atoms with van der Waals surface area (Å²) in [7, 11) is 0. The highest BCUT2D eigenvalue weighted by Crippen LogP contribution is 2.00. The molecule has 0 aliphatic rings. The van der Waals surface area contributed by atoms with E-state index in [1.807, 2.05) is 12.5 Å². The van der Waals surface area contributed by atoms with Crippen molar-refractivity contribution >= 4 is 0 Å². The summed E-state index contributed by atoms with van der Waals surface area (Å²) in [6.45, 7) is 8.85. The van der Waals surface area contributed by atoms with Crippen LogP contribution in [-0.2, 0) is 17.8 Å². The Morgan fingerprint density at radius 3 is 2.94 bits per heavy atom. The summed E-state index contributed by atoms with van der Waals surface area (Å²) in [5, 5.41) is 3.38. The first-order chi connectivity index (χ1) is 8.38. The third-order valence-electron chi connectivity index (χ3n) is 2.63. The summed E-state index contributed by atoms with van der Waals surface area (Å²) < 4.78 is 7.69.